The average Bonchev–Trinajstić information content (AvgIpc) is 2.33. The Hall–Kier alpha value is -0.0800. The summed E-state index contributed by atoms with van der Waals surface area (Å²) in [5.41, 5.74) is 0.154. The van der Waals surface area contributed by atoms with E-state index in [1.807, 2.05) is 0 Å². The number of ether oxygens (including phenoxy) is 1. The van der Waals surface area contributed by atoms with E-state index in [4.69, 9.17) is 4.74 Å². The van der Waals surface area contributed by atoms with E-state index in [1.165, 1.54) is 51.4 Å². The molecule has 2 fully saturated rings. The smallest absolute Gasteiger partial charge is 0.0810 e. The van der Waals surface area contributed by atoms with Crippen molar-refractivity contribution < 1.29 is 4.74 Å². The molecule has 0 atom stereocenters. The Bertz CT molecular complexity index is 239. The van der Waals surface area contributed by atoms with Crippen LogP contribution in [0.2, 0.25) is 0 Å². The fourth-order valence-corrected chi connectivity index (χ4v) is 3.18. The Kier molecular flexibility index (Phi) is 5.08. The van der Waals surface area contributed by atoms with E-state index in [0.717, 1.165) is 12.5 Å². The normalized spacial score (nSPS) is 33.7. The topological polar surface area (TPSA) is 21.3 Å². The lowest BCUT2D eigenvalue weighted by molar-refractivity contribution is -0.141. The summed E-state index contributed by atoms with van der Waals surface area (Å²) in [6, 6.07) is 0.566. The van der Waals surface area contributed by atoms with Crippen LogP contribution in [0.5, 0.6) is 0 Å². The molecular formula is C16H31NO. The molecule has 2 aliphatic rings. The highest BCUT2D eigenvalue weighted by molar-refractivity contribution is 4.91. The van der Waals surface area contributed by atoms with Crippen LogP contribution in [0.25, 0.3) is 0 Å². The molecule has 2 aliphatic carbocycles. The maximum atomic E-state index is 6.50. The Morgan fingerprint density at radius 2 is 1.83 bits per heavy atom. The van der Waals surface area contributed by atoms with Crippen molar-refractivity contribution in [1.82, 2.24) is 5.32 Å². The fraction of sp³-hybridized carbons (Fsp3) is 1.00. The summed E-state index contributed by atoms with van der Waals surface area (Å²) < 4.78 is 6.50. The molecule has 18 heavy (non-hydrogen) atoms. The zero-order valence-corrected chi connectivity index (χ0v) is 12.5. The zero-order valence-electron chi connectivity index (χ0n) is 12.5. The Morgan fingerprint density at radius 1 is 1.17 bits per heavy atom. The monoisotopic (exact) mass is 253 g/mol. The van der Waals surface area contributed by atoms with Crippen LogP contribution in [-0.4, -0.2) is 24.3 Å². The minimum Gasteiger partial charge on any atom is -0.370 e. The van der Waals surface area contributed by atoms with Crippen molar-refractivity contribution in [3.63, 3.8) is 0 Å². The van der Waals surface area contributed by atoms with E-state index in [9.17, 15) is 0 Å². The average molecular weight is 253 g/mol. The molecule has 0 aliphatic heterocycles. The van der Waals surface area contributed by atoms with Gasteiger partial charge in [0.1, 0.15) is 0 Å². The van der Waals surface area contributed by atoms with Gasteiger partial charge in [0, 0.05) is 12.6 Å². The summed E-state index contributed by atoms with van der Waals surface area (Å²) in [6.45, 7) is 7.85. The minimum absolute atomic E-state index is 0.154. The zero-order chi connectivity index (χ0) is 13.0. The first-order valence-electron chi connectivity index (χ1n) is 8.05. The van der Waals surface area contributed by atoms with Gasteiger partial charge in [0.25, 0.3) is 0 Å². The summed E-state index contributed by atoms with van der Waals surface area (Å²) >= 11 is 0. The number of rotatable bonds is 6. The van der Waals surface area contributed by atoms with Gasteiger partial charge in [-0.3, -0.25) is 0 Å². The molecule has 0 spiro atoms. The molecule has 0 aromatic carbocycles. The van der Waals surface area contributed by atoms with Gasteiger partial charge in [-0.2, -0.15) is 0 Å². The molecule has 1 N–H and O–H groups in total. The second-order valence-corrected chi connectivity index (χ2v) is 6.74. The van der Waals surface area contributed by atoms with Gasteiger partial charge in [0.05, 0.1) is 11.7 Å². The van der Waals surface area contributed by atoms with Crippen molar-refractivity contribution in [1.29, 1.82) is 0 Å². The molecule has 0 aromatic rings. The molecule has 0 aromatic heterocycles. The molecule has 106 valence electrons. The summed E-state index contributed by atoms with van der Waals surface area (Å²) in [5.74, 6) is 0.946. The van der Waals surface area contributed by atoms with Crippen LogP contribution in [0.3, 0.4) is 0 Å². The number of hydrogen-bond donors (Lipinski definition) is 1. The molecule has 0 saturated heterocycles. The van der Waals surface area contributed by atoms with Crippen LogP contribution in [0.1, 0.15) is 72.1 Å². The molecule has 0 unspecified atom stereocenters. The van der Waals surface area contributed by atoms with E-state index in [0.29, 0.717) is 12.1 Å². The third kappa shape index (κ3) is 3.71. The molecule has 0 amide bonds. The van der Waals surface area contributed by atoms with Crippen molar-refractivity contribution in [2.75, 3.05) is 6.54 Å². The molecule has 2 heteroatoms. The molecule has 0 bridgehead atoms. The number of nitrogens with one attached hydrogen (secondary N) is 1. The summed E-state index contributed by atoms with van der Waals surface area (Å²) in [5, 5.41) is 3.62. The lowest BCUT2D eigenvalue weighted by Crippen LogP contribution is -2.50. The van der Waals surface area contributed by atoms with E-state index in [-0.39, 0.29) is 5.60 Å². The van der Waals surface area contributed by atoms with Crippen LogP contribution in [0.15, 0.2) is 0 Å². The molecule has 2 nitrogen and oxygen atoms in total. The van der Waals surface area contributed by atoms with Gasteiger partial charge in [-0.1, -0.05) is 27.2 Å². The Morgan fingerprint density at radius 3 is 2.28 bits per heavy atom. The van der Waals surface area contributed by atoms with E-state index >= 15 is 0 Å². The van der Waals surface area contributed by atoms with Crippen molar-refractivity contribution >= 4 is 0 Å². The summed E-state index contributed by atoms with van der Waals surface area (Å²) in [6.07, 6.45) is 11.1. The van der Waals surface area contributed by atoms with Gasteiger partial charge >= 0.3 is 0 Å². The quantitative estimate of drug-likeness (QED) is 0.775. The highest BCUT2D eigenvalue weighted by Gasteiger charge is 2.38. The van der Waals surface area contributed by atoms with Crippen LogP contribution >= 0.6 is 0 Å². The first kappa shape index (κ1) is 14.3. The fourth-order valence-electron chi connectivity index (χ4n) is 3.18. The van der Waals surface area contributed by atoms with Gasteiger partial charge < -0.3 is 10.1 Å². The van der Waals surface area contributed by atoms with E-state index < -0.39 is 0 Å². The highest BCUT2D eigenvalue weighted by atomic mass is 16.5. The van der Waals surface area contributed by atoms with Crippen molar-refractivity contribution in [2.24, 2.45) is 5.92 Å². The maximum absolute atomic E-state index is 6.50. The largest absolute Gasteiger partial charge is 0.370 e. The lowest BCUT2D eigenvalue weighted by Gasteiger charge is -2.45. The van der Waals surface area contributed by atoms with Crippen molar-refractivity contribution in [3.8, 4) is 0 Å². The van der Waals surface area contributed by atoms with Crippen molar-refractivity contribution in [3.05, 3.63) is 0 Å². The molecule has 2 rings (SSSR count). The van der Waals surface area contributed by atoms with Gasteiger partial charge in [0.2, 0.25) is 0 Å². The van der Waals surface area contributed by atoms with Gasteiger partial charge in [0.15, 0.2) is 0 Å². The first-order valence-corrected chi connectivity index (χ1v) is 8.05. The van der Waals surface area contributed by atoms with Crippen LogP contribution < -0.4 is 5.32 Å². The molecule has 0 radical (unpaired) electrons. The highest BCUT2D eigenvalue weighted by Crippen LogP contribution is 2.39. The van der Waals surface area contributed by atoms with Crippen molar-refractivity contribution in [2.45, 2.75) is 89.9 Å². The Balaban J connectivity index is 1.89. The predicted octanol–water partition coefficient (Wildman–Crippen LogP) is 3.89. The van der Waals surface area contributed by atoms with Gasteiger partial charge in [-0.15, -0.1) is 0 Å². The second kappa shape index (κ2) is 6.38. The lowest BCUT2D eigenvalue weighted by atomic mass is 9.77. The second-order valence-electron chi connectivity index (χ2n) is 6.74. The van der Waals surface area contributed by atoms with Crippen LogP contribution in [-0.2, 0) is 4.74 Å². The van der Waals surface area contributed by atoms with Crippen LogP contribution in [0.4, 0.5) is 0 Å². The summed E-state index contributed by atoms with van der Waals surface area (Å²) in [7, 11) is 0. The van der Waals surface area contributed by atoms with Crippen LogP contribution in [0, 0.1) is 5.92 Å². The summed E-state index contributed by atoms with van der Waals surface area (Å²) in [4.78, 5) is 0. The SMILES string of the molecule is CCC1CCC(CNC(C)C)(OC2CCC2)CC1. The van der Waals surface area contributed by atoms with E-state index in [2.05, 4.69) is 26.1 Å². The van der Waals surface area contributed by atoms with Gasteiger partial charge in [-0.25, -0.2) is 0 Å². The van der Waals surface area contributed by atoms with E-state index in [1.54, 1.807) is 0 Å². The molecule has 2 saturated carbocycles. The maximum Gasteiger partial charge on any atom is 0.0810 e. The first-order chi connectivity index (χ1) is 8.63. The van der Waals surface area contributed by atoms with Gasteiger partial charge in [-0.05, 0) is 50.9 Å². The molecular weight excluding hydrogens is 222 g/mol. The predicted molar refractivity (Wildman–Crippen MR) is 76.8 cm³/mol. The molecule has 0 heterocycles. The standard InChI is InChI=1S/C16H31NO/c1-4-14-8-10-16(11-9-14,12-17-13(2)3)18-15-6-5-7-15/h13-15,17H,4-12H2,1-3H3. The Labute approximate surface area is 113 Å². The number of hydrogen-bond acceptors (Lipinski definition) is 2. The third-order valence-electron chi connectivity index (χ3n) is 4.90. The minimum atomic E-state index is 0.154. The third-order valence-corrected chi connectivity index (χ3v) is 4.90.